The standard InChI is InChI=1S/C18H22N4O3S/c1-2-17(19)18(23)22-9-7-13-10-16(6-5-14(13)12-22)26(24,25)21-15-4-3-8-20-11-15/h3-6,8,10-11,17,21H,2,7,9,12,19H2,1H3/t17-/m0/s1. The minimum atomic E-state index is -3.68. The van der Waals surface area contributed by atoms with Crippen LogP contribution in [0.2, 0.25) is 0 Å². The molecule has 3 N–H and O–H groups in total. The normalized spacial score (nSPS) is 15.2. The van der Waals surface area contributed by atoms with Crippen molar-refractivity contribution < 1.29 is 13.2 Å². The van der Waals surface area contributed by atoms with Gasteiger partial charge in [-0.25, -0.2) is 8.42 Å². The van der Waals surface area contributed by atoms with Crippen molar-refractivity contribution in [2.45, 2.75) is 37.2 Å². The number of anilines is 1. The summed E-state index contributed by atoms with van der Waals surface area (Å²) in [4.78, 5) is 18.1. The van der Waals surface area contributed by atoms with E-state index < -0.39 is 16.1 Å². The molecular weight excluding hydrogens is 352 g/mol. The molecule has 8 heteroatoms. The van der Waals surface area contributed by atoms with Gasteiger partial charge in [-0.2, -0.15) is 0 Å². The Morgan fingerprint density at radius 1 is 1.35 bits per heavy atom. The highest BCUT2D eigenvalue weighted by Crippen LogP contribution is 2.24. The molecule has 0 radical (unpaired) electrons. The number of hydrogen-bond donors (Lipinski definition) is 2. The van der Waals surface area contributed by atoms with Crippen molar-refractivity contribution in [1.29, 1.82) is 0 Å². The van der Waals surface area contributed by atoms with Crippen molar-refractivity contribution in [1.82, 2.24) is 9.88 Å². The van der Waals surface area contributed by atoms with Crippen LogP contribution in [0.4, 0.5) is 5.69 Å². The minimum absolute atomic E-state index is 0.0620. The molecule has 1 aliphatic heterocycles. The third-order valence-corrected chi connectivity index (χ3v) is 5.86. The number of amides is 1. The fraction of sp³-hybridized carbons (Fsp3) is 0.333. The number of nitrogens with zero attached hydrogens (tertiary/aromatic N) is 2. The molecule has 2 aromatic rings. The first-order valence-electron chi connectivity index (χ1n) is 8.49. The number of carbonyl (C=O) groups is 1. The van der Waals surface area contributed by atoms with Crippen LogP contribution in [0.5, 0.6) is 0 Å². The molecule has 26 heavy (non-hydrogen) atoms. The highest BCUT2D eigenvalue weighted by atomic mass is 32.2. The lowest BCUT2D eigenvalue weighted by Crippen LogP contribution is -2.45. The largest absolute Gasteiger partial charge is 0.337 e. The highest BCUT2D eigenvalue weighted by Gasteiger charge is 2.25. The van der Waals surface area contributed by atoms with Crippen molar-refractivity contribution >= 4 is 21.6 Å². The van der Waals surface area contributed by atoms with Crippen LogP contribution in [0.15, 0.2) is 47.6 Å². The number of sulfonamides is 1. The summed E-state index contributed by atoms with van der Waals surface area (Å²) in [5, 5.41) is 0. The lowest BCUT2D eigenvalue weighted by molar-refractivity contribution is -0.133. The predicted octanol–water partition coefficient (Wildman–Crippen LogP) is 1.50. The zero-order valence-electron chi connectivity index (χ0n) is 14.6. The molecule has 2 heterocycles. The van der Waals surface area contributed by atoms with E-state index >= 15 is 0 Å². The molecule has 0 spiro atoms. The van der Waals surface area contributed by atoms with E-state index in [1.807, 2.05) is 6.92 Å². The molecule has 1 amide bonds. The minimum Gasteiger partial charge on any atom is -0.337 e. The summed E-state index contributed by atoms with van der Waals surface area (Å²) >= 11 is 0. The van der Waals surface area contributed by atoms with Gasteiger partial charge in [0.2, 0.25) is 5.91 Å². The summed E-state index contributed by atoms with van der Waals surface area (Å²) in [5.41, 5.74) is 8.14. The first kappa shape index (κ1) is 18.3. The number of fused-ring (bicyclic) bond motifs is 1. The number of carbonyl (C=O) groups excluding carboxylic acids is 1. The van der Waals surface area contributed by atoms with Gasteiger partial charge < -0.3 is 10.6 Å². The lowest BCUT2D eigenvalue weighted by Gasteiger charge is -2.31. The third kappa shape index (κ3) is 3.86. The monoisotopic (exact) mass is 374 g/mol. The van der Waals surface area contributed by atoms with E-state index in [1.54, 1.807) is 41.4 Å². The van der Waals surface area contributed by atoms with E-state index in [4.69, 9.17) is 5.73 Å². The summed E-state index contributed by atoms with van der Waals surface area (Å²) in [6, 6.07) is 7.82. The molecule has 0 fully saturated rings. The fourth-order valence-corrected chi connectivity index (χ4v) is 4.02. The topological polar surface area (TPSA) is 105 Å². The molecular formula is C18H22N4O3S. The second-order valence-corrected chi connectivity index (χ2v) is 7.98. The van der Waals surface area contributed by atoms with E-state index in [0.717, 1.165) is 11.1 Å². The van der Waals surface area contributed by atoms with Gasteiger partial charge in [-0.1, -0.05) is 13.0 Å². The molecule has 3 rings (SSSR count). The zero-order valence-corrected chi connectivity index (χ0v) is 15.4. The van der Waals surface area contributed by atoms with Gasteiger partial charge in [-0.15, -0.1) is 0 Å². The summed E-state index contributed by atoms with van der Waals surface area (Å²) in [6.07, 6.45) is 4.23. The molecule has 1 aromatic carbocycles. The van der Waals surface area contributed by atoms with Gasteiger partial charge in [0.1, 0.15) is 0 Å². The van der Waals surface area contributed by atoms with Crippen LogP contribution in [-0.2, 0) is 27.8 Å². The summed E-state index contributed by atoms with van der Waals surface area (Å²) < 4.78 is 27.7. The summed E-state index contributed by atoms with van der Waals surface area (Å²) in [6.45, 7) is 2.88. The van der Waals surface area contributed by atoms with Gasteiger partial charge in [0.05, 0.1) is 22.8 Å². The van der Waals surface area contributed by atoms with Crippen molar-refractivity contribution in [2.75, 3.05) is 11.3 Å². The molecule has 1 aliphatic rings. The molecule has 0 saturated carbocycles. The number of rotatable bonds is 5. The summed E-state index contributed by atoms with van der Waals surface area (Å²) in [7, 11) is -3.68. The smallest absolute Gasteiger partial charge is 0.261 e. The van der Waals surface area contributed by atoms with Crippen molar-refractivity contribution in [2.24, 2.45) is 5.73 Å². The van der Waals surface area contributed by atoms with Gasteiger partial charge in [-0.05, 0) is 48.2 Å². The third-order valence-electron chi connectivity index (χ3n) is 4.48. The van der Waals surface area contributed by atoms with Gasteiger partial charge in [-0.3, -0.25) is 14.5 Å². The number of nitrogens with one attached hydrogen (secondary N) is 1. The molecule has 0 unspecified atom stereocenters. The number of hydrogen-bond acceptors (Lipinski definition) is 5. The van der Waals surface area contributed by atoms with E-state index in [0.29, 0.717) is 31.6 Å². The van der Waals surface area contributed by atoms with Crippen LogP contribution in [0.3, 0.4) is 0 Å². The van der Waals surface area contributed by atoms with Crippen LogP contribution in [0.1, 0.15) is 24.5 Å². The van der Waals surface area contributed by atoms with E-state index in [9.17, 15) is 13.2 Å². The number of pyridine rings is 1. The Morgan fingerprint density at radius 3 is 2.85 bits per heavy atom. The number of aromatic nitrogens is 1. The molecule has 1 atom stereocenters. The Morgan fingerprint density at radius 2 is 2.15 bits per heavy atom. The molecule has 0 bridgehead atoms. The van der Waals surface area contributed by atoms with Gasteiger partial charge >= 0.3 is 0 Å². The maximum absolute atomic E-state index is 12.6. The quantitative estimate of drug-likeness (QED) is 0.825. The van der Waals surface area contributed by atoms with Crippen LogP contribution in [0.25, 0.3) is 0 Å². The SMILES string of the molecule is CC[C@H](N)C(=O)N1CCc2cc(S(=O)(=O)Nc3cccnc3)ccc2C1. The summed E-state index contributed by atoms with van der Waals surface area (Å²) in [5.74, 6) is -0.0620. The predicted molar refractivity (Wildman–Crippen MR) is 98.9 cm³/mol. The first-order valence-corrected chi connectivity index (χ1v) is 9.98. The van der Waals surface area contributed by atoms with Gasteiger partial charge in [0.15, 0.2) is 0 Å². The highest BCUT2D eigenvalue weighted by molar-refractivity contribution is 7.92. The molecule has 0 saturated heterocycles. The average Bonchev–Trinajstić information content (AvgIpc) is 2.66. The second kappa shape index (κ2) is 7.43. The molecule has 0 aliphatic carbocycles. The zero-order chi connectivity index (χ0) is 18.7. The van der Waals surface area contributed by atoms with Crippen molar-refractivity contribution in [3.05, 3.63) is 53.9 Å². The van der Waals surface area contributed by atoms with Crippen LogP contribution >= 0.6 is 0 Å². The number of benzene rings is 1. The van der Waals surface area contributed by atoms with Crippen LogP contribution in [-0.4, -0.2) is 36.8 Å². The first-order chi connectivity index (χ1) is 12.4. The lowest BCUT2D eigenvalue weighted by atomic mass is 9.99. The fourth-order valence-electron chi connectivity index (χ4n) is 2.93. The Bertz CT molecular complexity index is 900. The van der Waals surface area contributed by atoms with E-state index in [2.05, 4.69) is 9.71 Å². The van der Waals surface area contributed by atoms with Crippen molar-refractivity contribution in [3.8, 4) is 0 Å². The average molecular weight is 374 g/mol. The molecule has 1 aromatic heterocycles. The second-order valence-electron chi connectivity index (χ2n) is 6.30. The Kier molecular flexibility index (Phi) is 5.24. The van der Waals surface area contributed by atoms with E-state index in [1.165, 1.54) is 6.20 Å². The maximum Gasteiger partial charge on any atom is 0.261 e. The van der Waals surface area contributed by atoms with Gasteiger partial charge in [0.25, 0.3) is 10.0 Å². The van der Waals surface area contributed by atoms with Crippen LogP contribution in [0, 0.1) is 0 Å². The Labute approximate surface area is 153 Å². The van der Waals surface area contributed by atoms with Crippen molar-refractivity contribution in [3.63, 3.8) is 0 Å². The molecule has 138 valence electrons. The maximum atomic E-state index is 12.6. The Balaban J connectivity index is 1.79. The number of nitrogens with two attached hydrogens (primary N) is 1. The Hall–Kier alpha value is -2.45. The molecule has 7 nitrogen and oxygen atoms in total. The van der Waals surface area contributed by atoms with Crippen LogP contribution < -0.4 is 10.5 Å². The van der Waals surface area contributed by atoms with Gasteiger partial charge in [0, 0.05) is 19.3 Å². The van der Waals surface area contributed by atoms with E-state index in [-0.39, 0.29) is 10.8 Å².